The quantitative estimate of drug-likeness (QED) is 0.301. The Morgan fingerprint density at radius 1 is 0.791 bits per heavy atom. The number of para-hydroxylation sites is 2. The molecule has 13 nitrogen and oxygen atoms in total. The number of carbonyl (C=O) groups excluding carboxylic acids is 1. The molecule has 2 heterocycles. The zero-order chi connectivity index (χ0) is 29.5. The van der Waals surface area contributed by atoms with Crippen molar-refractivity contribution in [3.63, 3.8) is 0 Å². The molecule has 0 atom stereocenters. The molecule has 236 valence electrons. The largest absolute Gasteiger partial charge is 1.00 e. The number of rotatable bonds is 7. The summed E-state index contributed by atoms with van der Waals surface area (Å²) in [6, 6.07) is 11.2. The van der Waals surface area contributed by atoms with E-state index in [1.54, 1.807) is 13.0 Å². The Kier molecular flexibility index (Phi) is 16.4. The topological polar surface area (TPSA) is 175 Å². The molecule has 2 aromatic rings. The van der Waals surface area contributed by atoms with Gasteiger partial charge in [0.15, 0.2) is 0 Å². The number of anilines is 2. The third-order valence-electron chi connectivity index (χ3n) is 5.91. The minimum Gasteiger partial charge on any atom is -0.870 e. The van der Waals surface area contributed by atoms with Crippen molar-refractivity contribution in [2.45, 2.75) is 27.2 Å². The maximum atomic E-state index is 13.8. The van der Waals surface area contributed by atoms with Crippen LogP contribution in [-0.4, -0.2) is 93.8 Å². The molecule has 2 aliphatic heterocycles. The Morgan fingerprint density at radius 2 is 1.19 bits per heavy atom. The summed E-state index contributed by atoms with van der Waals surface area (Å²) in [5.74, 6) is -3.11. The first-order valence-electron chi connectivity index (χ1n) is 12.3. The van der Waals surface area contributed by atoms with E-state index >= 15 is 0 Å². The number of aliphatic carboxylic acids is 1. The second-order valence-electron chi connectivity index (χ2n) is 8.64. The molecule has 2 fully saturated rings. The Bertz CT molecular complexity index is 1440. The van der Waals surface area contributed by atoms with Gasteiger partial charge in [0, 0.05) is 26.2 Å². The molecule has 0 radical (unpaired) electrons. The fourth-order valence-corrected chi connectivity index (χ4v) is 7.47. The summed E-state index contributed by atoms with van der Waals surface area (Å²) in [5, 5.41) is 8.71. The maximum absolute atomic E-state index is 13.8. The summed E-state index contributed by atoms with van der Waals surface area (Å²) >= 11 is 0. The van der Waals surface area contributed by atoms with E-state index in [4.69, 9.17) is 9.84 Å². The van der Waals surface area contributed by atoms with E-state index in [1.165, 1.54) is 42.5 Å². The molecule has 0 aromatic heterocycles. The predicted molar refractivity (Wildman–Crippen MR) is 151 cm³/mol. The molecule has 0 amide bonds. The third-order valence-corrected chi connectivity index (χ3v) is 9.71. The van der Waals surface area contributed by atoms with Crippen LogP contribution in [0.2, 0.25) is 0 Å². The van der Waals surface area contributed by atoms with Gasteiger partial charge < -0.3 is 15.3 Å². The standard InChI is InChI=1S/C13H17FN2O4S.C11H13FN2O4S.CH4.Li.H2O/c1-2-20-13(17)10-15-8-5-9-16(21(15,18)19)12-7-4-3-6-11(12)14;12-9-4-1-2-5-10(9)14-7-3-6-13(8-11(15)16)19(14,17)18;;;/h3-4,6-7H,2,5,8-10H2,1H3;1-2,4-5H,3,6-8H2,(H,15,16);1H4;;1H2/q;;;+1;/p-1. The zero-order valence-corrected chi connectivity index (χ0v) is 24.7. The van der Waals surface area contributed by atoms with Gasteiger partial charge in [-0.1, -0.05) is 31.7 Å². The average molecular weight is 645 g/mol. The van der Waals surface area contributed by atoms with E-state index in [0.29, 0.717) is 12.8 Å². The summed E-state index contributed by atoms with van der Waals surface area (Å²) in [7, 11) is -7.92. The summed E-state index contributed by atoms with van der Waals surface area (Å²) in [4.78, 5) is 22.2. The van der Waals surface area contributed by atoms with Crippen molar-refractivity contribution in [2.75, 3.05) is 54.5 Å². The number of nitrogens with zero attached hydrogens (tertiary/aromatic N) is 4. The number of hydrogen-bond acceptors (Lipinski definition) is 8. The van der Waals surface area contributed by atoms with Gasteiger partial charge >= 0.3 is 51.2 Å². The van der Waals surface area contributed by atoms with Crippen LogP contribution in [0, 0.1) is 11.6 Å². The van der Waals surface area contributed by atoms with Crippen LogP contribution in [0.25, 0.3) is 0 Å². The second kappa shape index (κ2) is 17.5. The van der Waals surface area contributed by atoms with Crippen molar-refractivity contribution >= 4 is 43.7 Å². The molecule has 2 aromatic carbocycles. The van der Waals surface area contributed by atoms with Gasteiger partial charge in [0.1, 0.15) is 24.7 Å². The second-order valence-corrected chi connectivity index (χ2v) is 12.3. The van der Waals surface area contributed by atoms with E-state index in [9.17, 15) is 35.2 Å². The maximum Gasteiger partial charge on any atom is 1.00 e. The Morgan fingerprint density at radius 3 is 1.56 bits per heavy atom. The molecular weight excluding hydrogens is 609 g/mol. The molecule has 2 saturated heterocycles. The van der Waals surface area contributed by atoms with Gasteiger partial charge in [-0.2, -0.15) is 25.4 Å². The number of carboxylic acid groups (broad SMARTS) is 1. The van der Waals surface area contributed by atoms with Gasteiger partial charge in [-0.25, -0.2) is 8.78 Å². The van der Waals surface area contributed by atoms with E-state index in [2.05, 4.69) is 0 Å². The summed E-state index contributed by atoms with van der Waals surface area (Å²) in [6.45, 7) is 1.51. The summed E-state index contributed by atoms with van der Waals surface area (Å²) in [5.41, 5.74) is -0.0661. The van der Waals surface area contributed by atoms with Crippen LogP contribution in [-0.2, 0) is 34.7 Å². The minimum absolute atomic E-state index is 0. The van der Waals surface area contributed by atoms with Crippen LogP contribution in [0.3, 0.4) is 0 Å². The van der Waals surface area contributed by atoms with E-state index in [1.807, 2.05) is 0 Å². The van der Waals surface area contributed by atoms with Gasteiger partial charge in [0.05, 0.1) is 18.0 Å². The Hall–Kier alpha value is -2.78. The van der Waals surface area contributed by atoms with Crippen molar-refractivity contribution in [3.05, 3.63) is 60.2 Å². The molecule has 18 heteroatoms. The molecule has 0 saturated carbocycles. The Balaban J connectivity index is 0.000000770. The van der Waals surface area contributed by atoms with Gasteiger partial charge in [-0.15, -0.1) is 0 Å². The van der Waals surface area contributed by atoms with Crippen LogP contribution in [0.4, 0.5) is 20.2 Å². The number of ether oxygens (including phenoxy) is 1. The number of benzene rings is 2. The molecule has 43 heavy (non-hydrogen) atoms. The van der Waals surface area contributed by atoms with Gasteiger partial charge in [-0.05, 0) is 44.0 Å². The normalized spacial score (nSPS) is 17.6. The monoisotopic (exact) mass is 644 g/mol. The summed E-state index contributed by atoms with van der Waals surface area (Å²) in [6.07, 6.45) is 0.952. The van der Waals surface area contributed by atoms with Crippen molar-refractivity contribution in [1.82, 2.24) is 8.61 Å². The Labute approximate surface area is 262 Å². The van der Waals surface area contributed by atoms with Crippen LogP contribution < -0.4 is 27.5 Å². The third kappa shape index (κ3) is 9.86. The molecule has 2 N–H and O–H groups in total. The molecule has 0 unspecified atom stereocenters. The first kappa shape index (κ1) is 40.2. The van der Waals surface area contributed by atoms with Gasteiger partial charge in [-0.3, -0.25) is 18.2 Å². The van der Waals surface area contributed by atoms with Gasteiger partial charge in [0.2, 0.25) is 0 Å². The van der Waals surface area contributed by atoms with Crippen LogP contribution in [0.15, 0.2) is 48.5 Å². The molecule has 0 aliphatic carbocycles. The van der Waals surface area contributed by atoms with E-state index in [0.717, 1.165) is 17.2 Å². The van der Waals surface area contributed by atoms with Crippen molar-refractivity contribution in [1.29, 1.82) is 0 Å². The molecule has 0 spiro atoms. The molecule has 0 bridgehead atoms. The number of carbonyl (C=O) groups is 2. The smallest absolute Gasteiger partial charge is 0.870 e. The zero-order valence-electron chi connectivity index (χ0n) is 23.1. The number of esters is 1. The summed E-state index contributed by atoms with van der Waals surface area (Å²) < 4.78 is 85.4. The van der Waals surface area contributed by atoms with Crippen LogP contribution in [0.5, 0.6) is 0 Å². The first-order chi connectivity index (χ1) is 18.9. The molecule has 2 aliphatic rings. The van der Waals surface area contributed by atoms with Crippen molar-refractivity contribution in [2.24, 2.45) is 0 Å². The van der Waals surface area contributed by atoms with Crippen LogP contribution >= 0.6 is 0 Å². The first-order valence-corrected chi connectivity index (χ1v) is 15.1. The van der Waals surface area contributed by atoms with Crippen LogP contribution in [0.1, 0.15) is 27.2 Å². The van der Waals surface area contributed by atoms with E-state index in [-0.39, 0.29) is 82.5 Å². The fraction of sp³-hybridized carbons (Fsp3) is 0.440. The van der Waals surface area contributed by atoms with Gasteiger partial charge in [0.25, 0.3) is 0 Å². The molecular formula is C25H35F2LiN4O9S2. The van der Waals surface area contributed by atoms with Crippen molar-refractivity contribution in [3.8, 4) is 0 Å². The number of carboxylic acids is 1. The minimum atomic E-state index is -3.99. The predicted octanol–water partition coefficient (Wildman–Crippen LogP) is -0.724. The van der Waals surface area contributed by atoms with E-state index < -0.39 is 50.5 Å². The SMILES string of the molecule is C.CCOC(=O)CN1CCCN(c2ccccc2F)S1(=O)=O.O=C(O)CN1CCCN(c2ccccc2F)S1(=O)=O.[Li+].[OH-]. The van der Waals surface area contributed by atoms with Crippen molar-refractivity contribution < 1.29 is 69.4 Å². The number of hydrogen-bond donors (Lipinski definition) is 1. The fourth-order valence-electron chi connectivity index (χ4n) is 4.14. The average Bonchev–Trinajstić information content (AvgIpc) is 2.88. The molecule has 4 rings (SSSR count). The number of halogens is 2.